The van der Waals surface area contributed by atoms with Crippen LogP contribution in [0.2, 0.25) is 0 Å². The Labute approximate surface area is 119 Å². The summed E-state index contributed by atoms with van der Waals surface area (Å²) in [5, 5.41) is 9.05. The third-order valence-corrected chi connectivity index (χ3v) is 2.83. The van der Waals surface area contributed by atoms with Crippen molar-refractivity contribution in [3.8, 4) is 5.75 Å². The van der Waals surface area contributed by atoms with Gasteiger partial charge in [-0.3, -0.25) is 9.59 Å². The number of carboxylic acid groups (broad SMARTS) is 1. The van der Waals surface area contributed by atoms with Crippen molar-refractivity contribution >= 4 is 28.2 Å². The molecule has 0 fully saturated rings. The molecular formula is C13H17AlO5. The molecule has 6 heteroatoms. The van der Waals surface area contributed by atoms with Gasteiger partial charge in [-0.25, -0.2) is 0 Å². The molecule has 1 aromatic carbocycles. The molecule has 0 aliphatic carbocycles. The van der Waals surface area contributed by atoms with E-state index in [1.54, 1.807) is 31.2 Å². The van der Waals surface area contributed by atoms with Gasteiger partial charge in [0.15, 0.2) is 5.92 Å². The van der Waals surface area contributed by atoms with E-state index in [4.69, 9.17) is 14.6 Å². The SMILES string of the molecule is CCOC(=O)C(Cc1ccc(O[CH2][AlH2])cc1)C(=O)O. The number of rotatable bonds is 7. The summed E-state index contributed by atoms with van der Waals surface area (Å²) in [5.41, 5.74) is 1.47. The fourth-order valence-electron chi connectivity index (χ4n) is 1.64. The number of carbonyl (C=O) groups excluding carboxylic acids is 1. The van der Waals surface area contributed by atoms with E-state index in [9.17, 15) is 9.59 Å². The van der Waals surface area contributed by atoms with Crippen molar-refractivity contribution in [2.24, 2.45) is 5.92 Å². The van der Waals surface area contributed by atoms with Crippen LogP contribution in [-0.4, -0.2) is 45.4 Å². The van der Waals surface area contributed by atoms with E-state index in [0.29, 0.717) is 5.47 Å². The zero-order valence-corrected chi connectivity index (χ0v) is 13.1. The highest BCUT2D eigenvalue weighted by Crippen LogP contribution is 2.16. The van der Waals surface area contributed by atoms with Crippen LogP contribution in [-0.2, 0) is 20.7 Å². The van der Waals surface area contributed by atoms with Gasteiger partial charge in [-0.15, -0.1) is 0 Å². The van der Waals surface area contributed by atoms with Gasteiger partial charge in [0.25, 0.3) is 16.3 Å². The van der Waals surface area contributed by atoms with Gasteiger partial charge in [0, 0.05) is 5.47 Å². The molecule has 1 unspecified atom stereocenters. The Hall–Kier alpha value is -1.51. The molecule has 0 amide bonds. The standard InChI is InChI=1S/C13H15O5.Al.2H/c1-3-18-13(16)11(12(14)15)8-9-4-6-10(17-2)7-5-9;;;/h4-7,11H,2-3,8H2,1H3,(H,14,15);;;. The lowest BCUT2D eigenvalue weighted by molar-refractivity contribution is -0.158. The van der Waals surface area contributed by atoms with Crippen LogP contribution in [0, 0.1) is 5.92 Å². The van der Waals surface area contributed by atoms with E-state index >= 15 is 0 Å². The van der Waals surface area contributed by atoms with Crippen molar-refractivity contribution in [3.05, 3.63) is 29.8 Å². The average Bonchev–Trinajstić information content (AvgIpc) is 2.38. The lowest BCUT2D eigenvalue weighted by Gasteiger charge is -2.11. The van der Waals surface area contributed by atoms with Gasteiger partial charge in [0.2, 0.25) is 0 Å². The normalized spacial score (nSPS) is 11.6. The Balaban J connectivity index is 2.73. The van der Waals surface area contributed by atoms with Crippen molar-refractivity contribution in [2.45, 2.75) is 13.3 Å². The molecule has 0 aliphatic rings. The molecule has 19 heavy (non-hydrogen) atoms. The van der Waals surface area contributed by atoms with Crippen molar-refractivity contribution in [1.82, 2.24) is 0 Å². The third-order valence-electron chi connectivity index (χ3n) is 2.54. The number of hydrogen-bond acceptors (Lipinski definition) is 4. The fourth-order valence-corrected chi connectivity index (χ4v) is 1.97. The molecule has 1 aromatic rings. The van der Waals surface area contributed by atoms with Crippen LogP contribution in [0.3, 0.4) is 0 Å². The smallest absolute Gasteiger partial charge is 0.320 e. The molecule has 1 N–H and O–H groups in total. The van der Waals surface area contributed by atoms with Crippen molar-refractivity contribution in [1.29, 1.82) is 0 Å². The van der Waals surface area contributed by atoms with E-state index in [0.717, 1.165) is 27.6 Å². The van der Waals surface area contributed by atoms with Crippen LogP contribution < -0.4 is 4.74 Å². The van der Waals surface area contributed by atoms with Crippen molar-refractivity contribution in [3.63, 3.8) is 0 Å². The van der Waals surface area contributed by atoms with E-state index in [1.807, 2.05) is 0 Å². The van der Waals surface area contributed by atoms with Gasteiger partial charge in [0.1, 0.15) is 5.75 Å². The second-order valence-electron chi connectivity index (χ2n) is 3.92. The van der Waals surface area contributed by atoms with Gasteiger partial charge >= 0.3 is 11.9 Å². The van der Waals surface area contributed by atoms with E-state index in [2.05, 4.69) is 0 Å². The van der Waals surface area contributed by atoms with E-state index < -0.39 is 17.9 Å². The highest BCUT2D eigenvalue weighted by atomic mass is 27.0. The Morgan fingerprint density at radius 1 is 1.32 bits per heavy atom. The number of hydrogen-bond donors (Lipinski definition) is 1. The van der Waals surface area contributed by atoms with Gasteiger partial charge < -0.3 is 14.6 Å². The topological polar surface area (TPSA) is 72.8 Å². The first kappa shape index (κ1) is 15.5. The summed E-state index contributed by atoms with van der Waals surface area (Å²) in [6, 6.07) is 7.08. The van der Waals surface area contributed by atoms with Crippen LogP contribution in [0.15, 0.2) is 24.3 Å². The van der Waals surface area contributed by atoms with E-state index in [-0.39, 0.29) is 13.0 Å². The lowest BCUT2D eigenvalue weighted by atomic mass is 9.99. The third kappa shape index (κ3) is 4.94. The van der Waals surface area contributed by atoms with Crippen LogP contribution in [0.5, 0.6) is 5.75 Å². The van der Waals surface area contributed by atoms with Gasteiger partial charge in [-0.05, 0) is 31.0 Å². The highest BCUT2D eigenvalue weighted by molar-refractivity contribution is 6.08. The number of carboxylic acids is 1. The van der Waals surface area contributed by atoms with Crippen molar-refractivity contribution < 1.29 is 24.2 Å². The maximum absolute atomic E-state index is 11.5. The van der Waals surface area contributed by atoms with Gasteiger partial charge in [0.05, 0.1) is 6.61 Å². The minimum Gasteiger partial charge on any atom is -0.510 e. The monoisotopic (exact) mass is 280 g/mol. The van der Waals surface area contributed by atoms with Crippen LogP contribution in [0.4, 0.5) is 0 Å². The zero-order valence-electron chi connectivity index (χ0n) is 11.1. The molecular weight excluding hydrogens is 263 g/mol. The molecule has 0 radical (unpaired) electrons. The molecule has 0 saturated carbocycles. The fraction of sp³-hybridized carbons (Fsp3) is 0.385. The molecule has 5 nitrogen and oxygen atoms in total. The Kier molecular flexibility index (Phi) is 6.40. The zero-order chi connectivity index (χ0) is 14.3. The first-order chi connectivity index (χ1) is 9.08. The second kappa shape index (κ2) is 7.82. The minimum absolute atomic E-state index is 0.120. The predicted molar refractivity (Wildman–Crippen MR) is 71.9 cm³/mol. The minimum atomic E-state index is -1.17. The number of benzene rings is 1. The van der Waals surface area contributed by atoms with Crippen LogP contribution in [0.1, 0.15) is 12.5 Å². The molecule has 0 aliphatic heterocycles. The quantitative estimate of drug-likeness (QED) is 0.446. The molecule has 1 atom stereocenters. The molecule has 0 saturated heterocycles. The number of carbonyl (C=O) groups is 2. The largest absolute Gasteiger partial charge is 0.510 e. The Morgan fingerprint density at radius 3 is 2.42 bits per heavy atom. The Morgan fingerprint density at radius 2 is 1.95 bits per heavy atom. The first-order valence-electron chi connectivity index (χ1n) is 6.19. The van der Waals surface area contributed by atoms with Gasteiger partial charge in [-0.2, -0.15) is 0 Å². The summed E-state index contributed by atoms with van der Waals surface area (Å²) in [4.78, 5) is 22.6. The maximum Gasteiger partial charge on any atom is 0.320 e. The lowest BCUT2D eigenvalue weighted by Crippen LogP contribution is -2.27. The summed E-state index contributed by atoms with van der Waals surface area (Å²) in [7, 11) is 0. The Bertz CT molecular complexity index is 429. The molecule has 0 heterocycles. The number of aliphatic carboxylic acids is 1. The van der Waals surface area contributed by atoms with Crippen molar-refractivity contribution in [2.75, 3.05) is 12.1 Å². The summed E-state index contributed by atoms with van der Waals surface area (Å²) in [5.74, 6) is -2.28. The molecule has 0 bridgehead atoms. The summed E-state index contributed by atoms with van der Waals surface area (Å²) in [6.45, 7) is 1.83. The number of ether oxygens (including phenoxy) is 2. The second-order valence-corrected chi connectivity index (χ2v) is 4.50. The number of esters is 1. The highest BCUT2D eigenvalue weighted by Gasteiger charge is 2.27. The molecule has 0 aromatic heterocycles. The first-order valence-corrected chi connectivity index (χ1v) is 7.61. The predicted octanol–water partition coefficient (Wildman–Crippen LogP) is 0.462. The maximum atomic E-state index is 11.5. The van der Waals surface area contributed by atoms with Crippen LogP contribution >= 0.6 is 0 Å². The molecule has 102 valence electrons. The summed E-state index contributed by atoms with van der Waals surface area (Å²) >= 11 is 0.954. The molecule has 1 rings (SSSR count). The molecule has 0 spiro atoms. The van der Waals surface area contributed by atoms with Crippen LogP contribution in [0.25, 0.3) is 0 Å². The summed E-state index contributed by atoms with van der Waals surface area (Å²) < 4.78 is 10.1. The van der Waals surface area contributed by atoms with E-state index in [1.165, 1.54) is 0 Å². The average molecular weight is 280 g/mol. The van der Waals surface area contributed by atoms with Gasteiger partial charge in [-0.1, -0.05) is 12.1 Å². The summed E-state index contributed by atoms with van der Waals surface area (Å²) in [6.07, 6.45) is 0.120.